The number of hydrogen-bond acceptors (Lipinski definition) is 4. The average Bonchev–Trinajstić information content (AvgIpc) is 2.53. The summed E-state index contributed by atoms with van der Waals surface area (Å²) >= 11 is 0. The lowest BCUT2D eigenvalue weighted by Crippen LogP contribution is -2.49. The molecule has 1 saturated heterocycles. The summed E-state index contributed by atoms with van der Waals surface area (Å²) in [7, 11) is 1.67. The Balaban J connectivity index is 2.01. The fourth-order valence-corrected chi connectivity index (χ4v) is 2.57. The van der Waals surface area contributed by atoms with Gasteiger partial charge in [-0.2, -0.15) is 0 Å². The number of likely N-dealkylation sites (tertiary alicyclic amines) is 1. The van der Waals surface area contributed by atoms with Crippen LogP contribution in [0.4, 0.5) is 0 Å². The van der Waals surface area contributed by atoms with Crippen molar-refractivity contribution in [3.05, 3.63) is 29.8 Å². The van der Waals surface area contributed by atoms with Crippen molar-refractivity contribution in [2.45, 2.75) is 25.4 Å². The van der Waals surface area contributed by atoms with Crippen LogP contribution in [0.5, 0.6) is 5.75 Å². The van der Waals surface area contributed by atoms with Gasteiger partial charge in [0.2, 0.25) is 0 Å². The molecule has 6 nitrogen and oxygen atoms in total. The second-order valence-corrected chi connectivity index (χ2v) is 5.69. The maximum atomic E-state index is 12.5. The van der Waals surface area contributed by atoms with Crippen molar-refractivity contribution >= 4 is 11.9 Å². The summed E-state index contributed by atoms with van der Waals surface area (Å²) in [4.78, 5) is 24.8. The van der Waals surface area contributed by atoms with Gasteiger partial charge >= 0.3 is 5.97 Å². The molecular formula is C16H21NO5. The number of methoxy groups -OCH3 is 1. The molecule has 1 atom stereocenters. The number of ether oxygens (including phenoxy) is 2. The van der Waals surface area contributed by atoms with Crippen molar-refractivity contribution in [1.82, 2.24) is 4.90 Å². The van der Waals surface area contributed by atoms with Crippen LogP contribution in [-0.2, 0) is 9.53 Å². The first-order valence-corrected chi connectivity index (χ1v) is 7.23. The van der Waals surface area contributed by atoms with Gasteiger partial charge in [-0.1, -0.05) is 0 Å². The summed E-state index contributed by atoms with van der Waals surface area (Å²) in [5.41, 5.74) is 0.265. The van der Waals surface area contributed by atoms with Crippen LogP contribution in [0.2, 0.25) is 0 Å². The molecule has 1 amide bonds. The van der Waals surface area contributed by atoms with Gasteiger partial charge in [-0.15, -0.1) is 0 Å². The summed E-state index contributed by atoms with van der Waals surface area (Å²) in [6.07, 6.45) is 1.85. The number of amides is 1. The van der Waals surface area contributed by atoms with Crippen molar-refractivity contribution in [2.75, 3.05) is 26.8 Å². The second kappa shape index (κ2) is 6.79. The molecule has 2 rings (SSSR count). The molecule has 0 bridgehead atoms. The summed E-state index contributed by atoms with van der Waals surface area (Å²) < 4.78 is 10.6. The van der Waals surface area contributed by atoms with Gasteiger partial charge in [0.25, 0.3) is 5.91 Å². The van der Waals surface area contributed by atoms with Crippen molar-refractivity contribution in [2.24, 2.45) is 0 Å². The summed E-state index contributed by atoms with van der Waals surface area (Å²) in [6, 6.07) is 6.52. The Kier molecular flexibility index (Phi) is 5.03. The zero-order valence-corrected chi connectivity index (χ0v) is 12.9. The molecule has 22 heavy (non-hydrogen) atoms. The number of carbonyl (C=O) groups is 2. The van der Waals surface area contributed by atoms with Crippen molar-refractivity contribution in [3.8, 4) is 5.75 Å². The van der Waals surface area contributed by atoms with E-state index in [0.29, 0.717) is 17.9 Å². The molecule has 0 spiro atoms. The highest BCUT2D eigenvalue weighted by Crippen LogP contribution is 2.25. The number of nitrogens with zero attached hydrogens (tertiary/aromatic N) is 1. The van der Waals surface area contributed by atoms with Crippen molar-refractivity contribution < 1.29 is 24.2 Å². The smallest absolute Gasteiger partial charge is 0.341 e. The van der Waals surface area contributed by atoms with Gasteiger partial charge < -0.3 is 19.5 Å². The predicted octanol–water partition coefficient (Wildman–Crippen LogP) is 1.79. The summed E-state index contributed by atoms with van der Waals surface area (Å²) in [6.45, 7) is 2.90. The zero-order valence-electron chi connectivity index (χ0n) is 12.9. The number of benzene rings is 1. The van der Waals surface area contributed by atoms with Crippen molar-refractivity contribution in [1.29, 1.82) is 0 Å². The minimum Gasteiger partial charge on any atom is -0.482 e. The van der Waals surface area contributed by atoms with E-state index in [-0.39, 0.29) is 11.5 Å². The Bertz CT molecular complexity index is 542. The molecule has 0 radical (unpaired) electrons. The molecule has 6 heteroatoms. The van der Waals surface area contributed by atoms with Gasteiger partial charge in [-0.3, -0.25) is 4.79 Å². The molecule has 1 fully saturated rings. The number of hydrogen-bond donors (Lipinski definition) is 1. The van der Waals surface area contributed by atoms with E-state index in [4.69, 9.17) is 14.6 Å². The third kappa shape index (κ3) is 3.98. The molecule has 0 aromatic heterocycles. The Morgan fingerprint density at radius 3 is 2.59 bits per heavy atom. The van der Waals surface area contributed by atoms with Crippen LogP contribution < -0.4 is 4.74 Å². The summed E-state index contributed by atoms with van der Waals surface area (Å²) in [5.74, 6) is -0.653. The Hall–Kier alpha value is -2.08. The second-order valence-electron chi connectivity index (χ2n) is 5.69. The summed E-state index contributed by atoms with van der Waals surface area (Å²) in [5, 5.41) is 8.56. The van der Waals surface area contributed by atoms with Gasteiger partial charge in [0.1, 0.15) is 5.75 Å². The third-order valence-electron chi connectivity index (χ3n) is 3.90. The standard InChI is InChI=1S/C16H21NO5/c1-16(21-2)8-3-9-17(11-16)15(20)12-4-6-13(7-5-12)22-10-14(18)19/h4-7H,3,8-11H2,1-2H3,(H,18,19). The molecule has 1 unspecified atom stereocenters. The van der Waals surface area contributed by atoms with E-state index < -0.39 is 12.6 Å². The Labute approximate surface area is 129 Å². The highest BCUT2D eigenvalue weighted by atomic mass is 16.5. The normalized spacial score (nSPS) is 21.5. The molecule has 1 aromatic carbocycles. The lowest BCUT2D eigenvalue weighted by Gasteiger charge is -2.39. The third-order valence-corrected chi connectivity index (χ3v) is 3.90. The van der Waals surface area contributed by atoms with E-state index in [1.54, 1.807) is 36.3 Å². The fraction of sp³-hybridized carbons (Fsp3) is 0.500. The maximum absolute atomic E-state index is 12.5. The molecule has 0 saturated carbocycles. The van der Waals surface area contributed by atoms with Gasteiger partial charge in [0, 0.05) is 25.8 Å². The van der Waals surface area contributed by atoms with E-state index in [1.165, 1.54) is 0 Å². The number of rotatable bonds is 5. The van der Waals surface area contributed by atoms with Gasteiger partial charge in [0.05, 0.1) is 5.60 Å². The molecule has 1 aliphatic rings. The van der Waals surface area contributed by atoms with Crippen LogP contribution in [0.3, 0.4) is 0 Å². The van der Waals surface area contributed by atoms with E-state index in [9.17, 15) is 9.59 Å². The van der Waals surface area contributed by atoms with E-state index in [0.717, 1.165) is 19.4 Å². The fourth-order valence-electron chi connectivity index (χ4n) is 2.57. The lowest BCUT2D eigenvalue weighted by atomic mass is 9.94. The number of aliphatic carboxylic acids is 1. The highest BCUT2D eigenvalue weighted by Gasteiger charge is 2.33. The Morgan fingerprint density at radius 2 is 2.00 bits per heavy atom. The van der Waals surface area contributed by atoms with Crippen LogP contribution in [0.15, 0.2) is 24.3 Å². The van der Waals surface area contributed by atoms with Crippen molar-refractivity contribution in [3.63, 3.8) is 0 Å². The maximum Gasteiger partial charge on any atom is 0.341 e. The van der Waals surface area contributed by atoms with Gasteiger partial charge in [-0.25, -0.2) is 4.79 Å². The zero-order chi connectivity index (χ0) is 16.2. The molecular weight excluding hydrogens is 286 g/mol. The van der Waals surface area contributed by atoms with E-state index in [1.807, 2.05) is 6.92 Å². The Morgan fingerprint density at radius 1 is 1.32 bits per heavy atom. The molecule has 1 N–H and O–H groups in total. The number of carboxylic acids is 1. The first-order chi connectivity index (χ1) is 10.4. The van der Waals surface area contributed by atoms with Crippen LogP contribution in [0, 0.1) is 0 Å². The molecule has 120 valence electrons. The molecule has 0 aliphatic carbocycles. The molecule has 1 heterocycles. The molecule has 1 aliphatic heterocycles. The van der Waals surface area contributed by atoms with E-state index >= 15 is 0 Å². The van der Waals surface area contributed by atoms with E-state index in [2.05, 4.69) is 0 Å². The number of carboxylic acid groups (broad SMARTS) is 1. The highest BCUT2D eigenvalue weighted by molar-refractivity contribution is 5.94. The number of piperidine rings is 1. The SMILES string of the molecule is COC1(C)CCCN(C(=O)c2ccc(OCC(=O)O)cc2)C1. The minimum atomic E-state index is -1.03. The van der Waals surface area contributed by atoms with Gasteiger partial charge in [0.15, 0.2) is 6.61 Å². The van der Waals surface area contributed by atoms with Crippen LogP contribution >= 0.6 is 0 Å². The largest absolute Gasteiger partial charge is 0.482 e. The van der Waals surface area contributed by atoms with Crippen LogP contribution in [0.1, 0.15) is 30.1 Å². The number of carbonyl (C=O) groups excluding carboxylic acids is 1. The first kappa shape index (κ1) is 16.3. The molecule has 1 aromatic rings. The quantitative estimate of drug-likeness (QED) is 0.897. The van der Waals surface area contributed by atoms with Crippen LogP contribution in [-0.4, -0.2) is 54.3 Å². The average molecular weight is 307 g/mol. The monoisotopic (exact) mass is 307 g/mol. The minimum absolute atomic E-state index is 0.0484. The first-order valence-electron chi connectivity index (χ1n) is 7.23. The van der Waals surface area contributed by atoms with Gasteiger partial charge in [-0.05, 0) is 44.0 Å². The topological polar surface area (TPSA) is 76.1 Å². The lowest BCUT2D eigenvalue weighted by molar-refractivity contribution is -0.139. The van der Waals surface area contributed by atoms with Crippen LogP contribution in [0.25, 0.3) is 0 Å². The predicted molar refractivity (Wildman–Crippen MR) is 80.1 cm³/mol.